The fourth-order valence-corrected chi connectivity index (χ4v) is 3.12. The smallest absolute Gasteiger partial charge is 0.225 e. The highest BCUT2D eigenvalue weighted by Crippen LogP contribution is 2.22. The van der Waals surface area contributed by atoms with E-state index in [4.69, 9.17) is 16.0 Å². The van der Waals surface area contributed by atoms with E-state index in [2.05, 4.69) is 12.2 Å². The number of carbonyl (C=O) groups is 1. The van der Waals surface area contributed by atoms with Crippen LogP contribution in [0.15, 0.2) is 16.5 Å². The lowest BCUT2D eigenvalue weighted by atomic mass is 9.89. The fourth-order valence-electron chi connectivity index (χ4n) is 2.96. The number of rotatable bonds is 5. The summed E-state index contributed by atoms with van der Waals surface area (Å²) >= 11 is 5.78. The number of carbonyl (C=O) groups excluding carboxylic acids is 1. The zero-order chi connectivity index (χ0) is 15.4. The summed E-state index contributed by atoms with van der Waals surface area (Å²) in [4.78, 5) is 14.1. The second-order valence-electron chi connectivity index (χ2n) is 6.09. The van der Waals surface area contributed by atoms with Crippen molar-refractivity contribution < 1.29 is 9.21 Å². The number of nitrogens with one attached hydrogen (secondary N) is 1. The molecule has 2 unspecified atom stereocenters. The van der Waals surface area contributed by atoms with Gasteiger partial charge in [0.15, 0.2) is 5.22 Å². The molecule has 118 valence electrons. The highest BCUT2D eigenvalue weighted by Gasteiger charge is 2.30. The molecule has 0 saturated carbocycles. The van der Waals surface area contributed by atoms with E-state index in [1.807, 2.05) is 24.8 Å². The zero-order valence-electron chi connectivity index (χ0n) is 13.1. The van der Waals surface area contributed by atoms with Crippen LogP contribution in [-0.2, 0) is 11.3 Å². The highest BCUT2D eigenvalue weighted by molar-refractivity contribution is 6.28. The van der Waals surface area contributed by atoms with Gasteiger partial charge in [-0.05, 0) is 36.1 Å². The van der Waals surface area contributed by atoms with Crippen molar-refractivity contribution in [3.8, 4) is 0 Å². The maximum absolute atomic E-state index is 12.1. The minimum Gasteiger partial charge on any atom is -0.448 e. The van der Waals surface area contributed by atoms with Gasteiger partial charge in [0.25, 0.3) is 0 Å². The molecule has 21 heavy (non-hydrogen) atoms. The summed E-state index contributed by atoms with van der Waals surface area (Å²) in [6.45, 7) is 8.50. The van der Waals surface area contributed by atoms with Crippen LogP contribution in [0.3, 0.4) is 0 Å². The number of nitrogens with zero attached hydrogens (tertiary/aromatic N) is 1. The molecule has 1 fully saturated rings. The molecule has 0 spiro atoms. The van der Waals surface area contributed by atoms with Crippen molar-refractivity contribution in [3.05, 3.63) is 23.1 Å². The van der Waals surface area contributed by atoms with E-state index >= 15 is 0 Å². The predicted molar refractivity (Wildman–Crippen MR) is 84.2 cm³/mol. The van der Waals surface area contributed by atoms with E-state index in [-0.39, 0.29) is 11.8 Å². The van der Waals surface area contributed by atoms with Crippen LogP contribution in [0.2, 0.25) is 5.22 Å². The van der Waals surface area contributed by atoms with Gasteiger partial charge in [0, 0.05) is 25.0 Å². The summed E-state index contributed by atoms with van der Waals surface area (Å²) < 4.78 is 5.37. The van der Waals surface area contributed by atoms with Gasteiger partial charge in [0.2, 0.25) is 5.91 Å². The first-order chi connectivity index (χ1) is 10.0. The number of piperidine rings is 1. The number of hydrogen-bond acceptors (Lipinski definition) is 3. The quantitative estimate of drug-likeness (QED) is 0.907. The van der Waals surface area contributed by atoms with Gasteiger partial charge in [-0.2, -0.15) is 0 Å². The van der Waals surface area contributed by atoms with E-state index < -0.39 is 0 Å². The Bertz CT molecular complexity index is 473. The number of furan rings is 1. The van der Waals surface area contributed by atoms with E-state index in [1.165, 1.54) is 0 Å². The third-order valence-corrected chi connectivity index (χ3v) is 4.43. The molecule has 4 nitrogen and oxygen atoms in total. The molecule has 0 radical (unpaired) electrons. The van der Waals surface area contributed by atoms with E-state index in [0.717, 1.165) is 31.7 Å². The molecule has 2 rings (SSSR count). The van der Waals surface area contributed by atoms with Crippen LogP contribution in [0.1, 0.15) is 39.4 Å². The Morgan fingerprint density at radius 3 is 2.86 bits per heavy atom. The van der Waals surface area contributed by atoms with Gasteiger partial charge in [0.1, 0.15) is 5.76 Å². The van der Waals surface area contributed by atoms with Crippen LogP contribution in [0, 0.1) is 11.8 Å². The highest BCUT2D eigenvalue weighted by atomic mass is 35.5. The van der Waals surface area contributed by atoms with Crippen molar-refractivity contribution >= 4 is 17.5 Å². The van der Waals surface area contributed by atoms with Gasteiger partial charge in [-0.1, -0.05) is 27.2 Å². The Balaban J connectivity index is 1.88. The van der Waals surface area contributed by atoms with Crippen molar-refractivity contribution in [2.45, 2.75) is 46.2 Å². The summed E-state index contributed by atoms with van der Waals surface area (Å²) in [6.07, 6.45) is 2.06. The van der Waals surface area contributed by atoms with E-state index in [9.17, 15) is 4.79 Å². The van der Waals surface area contributed by atoms with E-state index in [0.29, 0.717) is 23.7 Å². The Hall–Kier alpha value is -1.00. The van der Waals surface area contributed by atoms with Gasteiger partial charge in [-0.15, -0.1) is 0 Å². The summed E-state index contributed by atoms with van der Waals surface area (Å²) in [7, 11) is 0. The molecule has 1 aromatic heterocycles. The normalized spacial score (nSPS) is 22.8. The fraction of sp³-hybridized carbons (Fsp3) is 0.688. The average molecular weight is 313 g/mol. The van der Waals surface area contributed by atoms with Crippen LogP contribution < -0.4 is 5.32 Å². The molecular weight excluding hydrogens is 288 g/mol. The lowest BCUT2D eigenvalue weighted by molar-refractivity contribution is -0.136. The van der Waals surface area contributed by atoms with Crippen molar-refractivity contribution in [3.63, 3.8) is 0 Å². The maximum atomic E-state index is 12.1. The topological polar surface area (TPSA) is 45.5 Å². The lowest BCUT2D eigenvalue weighted by Gasteiger charge is -2.39. The molecular formula is C16H25ClN2O2. The summed E-state index contributed by atoms with van der Waals surface area (Å²) in [5.74, 6) is 1.70. The predicted octanol–water partition coefficient (Wildman–Crippen LogP) is 3.31. The summed E-state index contributed by atoms with van der Waals surface area (Å²) in [6, 6.07) is 4.09. The Kier molecular flexibility index (Phi) is 5.71. The SMILES string of the molecule is CCC1CN(C(=O)C(C)C)CCC1NCc1ccc(Cl)o1. The van der Waals surface area contributed by atoms with Crippen LogP contribution >= 0.6 is 11.6 Å². The number of likely N-dealkylation sites (tertiary alicyclic amines) is 1. The number of amides is 1. The average Bonchev–Trinajstić information content (AvgIpc) is 2.89. The molecule has 1 saturated heterocycles. The van der Waals surface area contributed by atoms with Gasteiger partial charge >= 0.3 is 0 Å². The third-order valence-electron chi connectivity index (χ3n) is 4.23. The maximum Gasteiger partial charge on any atom is 0.225 e. The summed E-state index contributed by atoms with van der Waals surface area (Å²) in [5.41, 5.74) is 0. The lowest BCUT2D eigenvalue weighted by Crippen LogP contribution is -2.51. The van der Waals surface area contributed by atoms with Crippen molar-refractivity contribution in [1.82, 2.24) is 10.2 Å². The standard InChI is InChI=1S/C16H25ClN2O2/c1-4-12-10-19(16(20)11(2)3)8-7-14(12)18-9-13-5-6-15(17)21-13/h5-6,11-12,14,18H,4,7-10H2,1-3H3. The molecule has 1 aromatic rings. The van der Waals surface area contributed by atoms with Crippen LogP contribution in [-0.4, -0.2) is 29.9 Å². The van der Waals surface area contributed by atoms with Crippen LogP contribution in [0.25, 0.3) is 0 Å². The molecule has 2 heterocycles. The first-order valence-electron chi connectivity index (χ1n) is 7.77. The van der Waals surface area contributed by atoms with Crippen molar-refractivity contribution in [2.24, 2.45) is 11.8 Å². The third kappa shape index (κ3) is 4.24. The van der Waals surface area contributed by atoms with Gasteiger partial charge in [0.05, 0.1) is 6.54 Å². The molecule has 1 N–H and O–H groups in total. The van der Waals surface area contributed by atoms with Crippen LogP contribution in [0.5, 0.6) is 0 Å². The van der Waals surface area contributed by atoms with Crippen LogP contribution in [0.4, 0.5) is 0 Å². The van der Waals surface area contributed by atoms with Gasteiger partial charge in [-0.25, -0.2) is 0 Å². The van der Waals surface area contributed by atoms with Gasteiger partial charge < -0.3 is 14.6 Å². The molecule has 0 aromatic carbocycles. The van der Waals surface area contributed by atoms with E-state index in [1.54, 1.807) is 6.07 Å². The second kappa shape index (κ2) is 7.32. The first kappa shape index (κ1) is 16.4. The summed E-state index contributed by atoms with van der Waals surface area (Å²) in [5, 5.41) is 3.98. The number of hydrogen-bond donors (Lipinski definition) is 1. The first-order valence-corrected chi connectivity index (χ1v) is 8.15. The Labute approximate surface area is 131 Å². The zero-order valence-corrected chi connectivity index (χ0v) is 13.8. The monoisotopic (exact) mass is 312 g/mol. The van der Waals surface area contributed by atoms with Crippen molar-refractivity contribution in [2.75, 3.05) is 13.1 Å². The molecule has 0 bridgehead atoms. The molecule has 1 amide bonds. The second-order valence-corrected chi connectivity index (χ2v) is 6.46. The van der Waals surface area contributed by atoms with Crippen molar-refractivity contribution in [1.29, 1.82) is 0 Å². The Morgan fingerprint density at radius 1 is 1.52 bits per heavy atom. The molecule has 1 aliphatic rings. The molecule has 1 aliphatic heterocycles. The molecule has 2 atom stereocenters. The van der Waals surface area contributed by atoms with Gasteiger partial charge in [-0.3, -0.25) is 4.79 Å². The Morgan fingerprint density at radius 2 is 2.29 bits per heavy atom. The minimum atomic E-state index is 0.0808. The molecule has 0 aliphatic carbocycles. The largest absolute Gasteiger partial charge is 0.448 e. The molecule has 5 heteroatoms. The minimum absolute atomic E-state index is 0.0808. The number of halogens is 1.